The molecule has 0 radical (unpaired) electrons. The number of rotatable bonds is 9. The first kappa shape index (κ1) is 26.1. The first-order chi connectivity index (χ1) is 17.6. The maximum absolute atomic E-state index is 12.6. The largest absolute Gasteiger partial charge is 0.355 e. The van der Waals surface area contributed by atoms with Crippen molar-refractivity contribution in [3.63, 3.8) is 0 Å². The van der Waals surface area contributed by atoms with Gasteiger partial charge in [-0.1, -0.05) is 18.2 Å². The Balaban J connectivity index is 1.53. The van der Waals surface area contributed by atoms with Gasteiger partial charge in [0.15, 0.2) is 0 Å². The van der Waals surface area contributed by atoms with E-state index in [1.807, 2.05) is 47.2 Å². The van der Waals surface area contributed by atoms with Gasteiger partial charge in [-0.25, -0.2) is 13.4 Å². The summed E-state index contributed by atoms with van der Waals surface area (Å²) in [6.45, 7) is 5.81. The van der Waals surface area contributed by atoms with Gasteiger partial charge in [-0.2, -0.15) is 4.98 Å². The highest BCUT2D eigenvalue weighted by Gasteiger charge is 2.28. The zero-order chi connectivity index (χ0) is 26.6. The minimum Gasteiger partial charge on any atom is -0.355 e. The lowest BCUT2D eigenvalue weighted by atomic mass is 10.1. The highest BCUT2D eigenvalue weighted by molar-refractivity contribution is 7.94. The maximum atomic E-state index is 12.6. The topological polar surface area (TPSA) is 144 Å². The number of hydrogen-bond donors (Lipinski definition) is 4. The molecule has 0 aliphatic heterocycles. The number of anilines is 3. The van der Waals surface area contributed by atoms with Crippen molar-refractivity contribution < 1.29 is 13.2 Å². The third-order valence-corrected chi connectivity index (χ3v) is 7.77. The Labute approximate surface area is 216 Å². The fraction of sp³-hybridized carbons (Fsp3) is 0.269. The van der Waals surface area contributed by atoms with Crippen molar-refractivity contribution in [2.75, 3.05) is 23.1 Å². The van der Waals surface area contributed by atoms with Crippen LogP contribution in [0.5, 0.6) is 0 Å². The van der Waals surface area contributed by atoms with E-state index in [4.69, 9.17) is 5.73 Å². The summed E-state index contributed by atoms with van der Waals surface area (Å²) in [5.74, 6) is 0.335. The van der Waals surface area contributed by atoms with Gasteiger partial charge in [-0.15, -0.1) is 0 Å². The highest BCUT2D eigenvalue weighted by Crippen LogP contribution is 2.25. The molecular formula is C26H31N7O3S. The summed E-state index contributed by atoms with van der Waals surface area (Å²) in [6.07, 6.45) is 3.87. The van der Waals surface area contributed by atoms with Crippen LogP contribution in [-0.2, 0) is 21.2 Å². The third kappa shape index (κ3) is 6.25. The number of nitrogens with two attached hydrogens (primary N) is 1. The summed E-state index contributed by atoms with van der Waals surface area (Å²) in [6, 6.07) is 16.5. The van der Waals surface area contributed by atoms with Crippen LogP contribution in [0, 0.1) is 0 Å². The minimum absolute atomic E-state index is 0.0732. The number of sulfonamides is 1. The average molecular weight is 522 g/mol. The van der Waals surface area contributed by atoms with Crippen molar-refractivity contribution in [1.29, 1.82) is 0 Å². The molecule has 10 nitrogen and oxygen atoms in total. The molecule has 0 spiro atoms. The van der Waals surface area contributed by atoms with E-state index in [0.29, 0.717) is 30.4 Å². The van der Waals surface area contributed by atoms with Crippen LogP contribution < -0.4 is 21.1 Å². The van der Waals surface area contributed by atoms with Crippen LogP contribution in [0.15, 0.2) is 67.0 Å². The Morgan fingerprint density at radius 2 is 1.81 bits per heavy atom. The molecule has 11 heteroatoms. The van der Waals surface area contributed by atoms with E-state index < -0.39 is 14.8 Å². The molecule has 2 heterocycles. The van der Waals surface area contributed by atoms with Gasteiger partial charge in [-0.05, 0) is 62.7 Å². The number of fused-ring (bicyclic) bond motifs is 1. The monoisotopic (exact) mass is 521 g/mol. The van der Waals surface area contributed by atoms with Crippen LogP contribution in [0.4, 0.5) is 17.3 Å². The molecule has 194 valence electrons. The molecule has 0 unspecified atom stereocenters. The van der Waals surface area contributed by atoms with E-state index in [-0.39, 0.29) is 12.3 Å². The SMILES string of the molecule is CC(C)(C)S(=O)(=O)Nc1cccc(-n2ccc3cnc(Nc4ccc(CC(=O)NCCN)cc4)nc32)c1. The molecule has 1 amide bonds. The fourth-order valence-corrected chi connectivity index (χ4v) is 4.25. The summed E-state index contributed by atoms with van der Waals surface area (Å²) in [5, 5.41) is 6.79. The highest BCUT2D eigenvalue weighted by atomic mass is 32.2. The lowest BCUT2D eigenvalue weighted by molar-refractivity contribution is -0.120. The first-order valence-electron chi connectivity index (χ1n) is 11.9. The molecule has 2 aromatic heterocycles. The molecule has 2 aromatic carbocycles. The number of carbonyl (C=O) groups is 1. The van der Waals surface area contributed by atoms with Crippen LogP contribution in [0.3, 0.4) is 0 Å². The number of benzene rings is 2. The van der Waals surface area contributed by atoms with Crippen LogP contribution in [0.25, 0.3) is 16.7 Å². The third-order valence-electron chi connectivity index (χ3n) is 5.65. The number of nitrogens with zero attached hydrogens (tertiary/aromatic N) is 3. The molecule has 0 saturated carbocycles. The summed E-state index contributed by atoms with van der Waals surface area (Å²) >= 11 is 0. The average Bonchev–Trinajstić information content (AvgIpc) is 3.26. The quantitative estimate of drug-likeness (QED) is 0.264. The molecule has 37 heavy (non-hydrogen) atoms. The van der Waals surface area contributed by atoms with Gasteiger partial charge in [0.1, 0.15) is 5.65 Å². The summed E-state index contributed by atoms with van der Waals surface area (Å²) in [4.78, 5) is 21.0. The molecule has 0 saturated heterocycles. The number of nitrogens with one attached hydrogen (secondary N) is 3. The predicted octanol–water partition coefficient (Wildman–Crippen LogP) is 3.32. The van der Waals surface area contributed by atoms with Gasteiger partial charge in [0.2, 0.25) is 21.9 Å². The van der Waals surface area contributed by atoms with Gasteiger partial charge in [0.05, 0.1) is 16.9 Å². The number of aromatic nitrogens is 3. The Morgan fingerprint density at radius 3 is 2.51 bits per heavy atom. The molecule has 5 N–H and O–H groups in total. The van der Waals surface area contributed by atoms with Gasteiger partial charge in [0.25, 0.3) is 0 Å². The van der Waals surface area contributed by atoms with Crippen LogP contribution >= 0.6 is 0 Å². The molecule has 0 aliphatic rings. The van der Waals surface area contributed by atoms with Crippen molar-refractivity contribution in [3.8, 4) is 5.69 Å². The number of amides is 1. The normalized spacial score (nSPS) is 11.9. The van der Waals surface area contributed by atoms with Gasteiger partial charge < -0.3 is 20.9 Å². The zero-order valence-electron chi connectivity index (χ0n) is 21.0. The lowest BCUT2D eigenvalue weighted by Crippen LogP contribution is -2.33. The van der Waals surface area contributed by atoms with E-state index in [9.17, 15) is 13.2 Å². The van der Waals surface area contributed by atoms with E-state index in [0.717, 1.165) is 22.3 Å². The van der Waals surface area contributed by atoms with E-state index in [1.165, 1.54) is 0 Å². The maximum Gasteiger partial charge on any atom is 0.237 e. The van der Waals surface area contributed by atoms with Crippen LogP contribution in [0.2, 0.25) is 0 Å². The standard InChI is InChI=1S/C26H31N7O3S/c1-26(2,3)37(35,36)32-21-5-4-6-22(16-21)33-14-11-19-17-29-25(31-24(19)33)30-20-9-7-18(8-10-20)15-23(34)28-13-12-27/h4-11,14,16-17,32H,12-13,15,27H2,1-3H3,(H,28,34)(H,29,30,31). The van der Waals surface area contributed by atoms with Crippen molar-refractivity contribution in [2.24, 2.45) is 5.73 Å². The number of carbonyl (C=O) groups excluding carboxylic acids is 1. The van der Waals surface area contributed by atoms with Crippen LogP contribution in [-0.4, -0.2) is 46.7 Å². The van der Waals surface area contributed by atoms with Gasteiger partial charge in [-0.3, -0.25) is 9.52 Å². The molecule has 4 aromatic rings. The van der Waals surface area contributed by atoms with E-state index in [1.54, 1.807) is 45.2 Å². The molecular weight excluding hydrogens is 490 g/mol. The smallest absolute Gasteiger partial charge is 0.237 e. The van der Waals surface area contributed by atoms with Crippen molar-refractivity contribution in [3.05, 3.63) is 72.6 Å². The van der Waals surface area contributed by atoms with E-state index in [2.05, 4.69) is 25.3 Å². The summed E-state index contributed by atoms with van der Waals surface area (Å²) in [5.41, 5.74) is 8.97. The second kappa shape index (κ2) is 10.6. The summed E-state index contributed by atoms with van der Waals surface area (Å²) < 4.78 is 28.8. The summed E-state index contributed by atoms with van der Waals surface area (Å²) in [7, 11) is -3.56. The van der Waals surface area contributed by atoms with Crippen molar-refractivity contribution in [2.45, 2.75) is 31.9 Å². The second-order valence-corrected chi connectivity index (χ2v) is 12.0. The Morgan fingerprint density at radius 1 is 1.05 bits per heavy atom. The predicted molar refractivity (Wildman–Crippen MR) is 147 cm³/mol. The Kier molecular flexibility index (Phi) is 7.46. The van der Waals surface area contributed by atoms with Crippen LogP contribution in [0.1, 0.15) is 26.3 Å². The lowest BCUT2D eigenvalue weighted by Gasteiger charge is -2.20. The minimum atomic E-state index is -3.56. The molecule has 0 bridgehead atoms. The Hall–Kier alpha value is -3.96. The molecule has 0 fully saturated rings. The zero-order valence-corrected chi connectivity index (χ0v) is 21.8. The van der Waals surface area contributed by atoms with Crippen molar-refractivity contribution >= 4 is 44.3 Å². The second-order valence-electron chi connectivity index (χ2n) is 9.56. The molecule has 4 rings (SSSR count). The van der Waals surface area contributed by atoms with Gasteiger partial charge in [0, 0.05) is 42.2 Å². The van der Waals surface area contributed by atoms with Crippen molar-refractivity contribution in [1.82, 2.24) is 19.9 Å². The number of hydrogen-bond acceptors (Lipinski definition) is 7. The Bertz CT molecular complexity index is 1510. The first-order valence-corrected chi connectivity index (χ1v) is 13.3. The molecule has 0 atom stereocenters. The fourth-order valence-electron chi connectivity index (χ4n) is 3.51. The van der Waals surface area contributed by atoms with E-state index >= 15 is 0 Å². The molecule has 0 aliphatic carbocycles. The van der Waals surface area contributed by atoms with Gasteiger partial charge >= 0.3 is 0 Å².